The second-order valence-electron chi connectivity index (χ2n) is 5.73. The molecule has 3 rings (SSSR count). The molecular formula is C19H19N3O3. The standard InChI is InChI=1S/C19H19N3O3/c1-25-19(24)12-6-8-14(9-7-12)22-18(23)16(20)10-13-11-21-17-5-3-2-4-15(13)17/h2-9,11,16,21H,10,20H2,1H3,(H,22,23)/t16-/m0/s1. The lowest BCUT2D eigenvalue weighted by molar-refractivity contribution is -0.117. The van der Waals surface area contributed by atoms with Gasteiger partial charge in [-0.05, 0) is 42.3 Å². The Hall–Kier alpha value is -3.12. The van der Waals surface area contributed by atoms with Gasteiger partial charge in [0.25, 0.3) is 0 Å². The molecule has 0 fully saturated rings. The minimum atomic E-state index is -0.681. The van der Waals surface area contributed by atoms with E-state index in [-0.39, 0.29) is 5.91 Å². The first-order valence-corrected chi connectivity index (χ1v) is 7.88. The molecule has 0 radical (unpaired) electrons. The van der Waals surface area contributed by atoms with Crippen molar-refractivity contribution >= 4 is 28.5 Å². The van der Waals surface area contributed by atoms with Gasteiger partial charge in [-0.2, -0.15) is 0 Å². The summed E-state index contributed by atoms with van der Waals surface area (Å²) >= 11 is 0. The maximum Gasteiger partial charge on any atom is 0.337 e. The van der Waals surface area contributed by atoms with Crippen molar-refractivity contribution in [3.8, 4) is 0 Å². The summed E-state index contributed by atoms with van der Waals surface area (Å²) in [6.45, 7) is 0. The third-order valence-electron chi connectivity index (χ3n) is 4.03. The highest BCUT2D eigenvalue weighted by Crippen LogP contribution is 2.19. The Labute approximate surface area is 145 Å². The molecule has 6 nitrogen and oxygen atoms in total. The van der Waals surface area contributed by atoms with Crippen LogP contribution in [0.25, 0.3) is 10.9 Å². The molecule has 1 atom stereocenters. The molecule has 3 aromatic rings. The van der Waals surface area contributed by atoms with Crippen molar-refractivity contribution in [3.63, 3.8) is 0 Å². The number of carbonyl (C=O) groups is 2. The Kier molecular flexibility index (Phi) is 4.81. The predicted octanol–water partition coefficient (Wildman–Crippen LogP) is 2.46. The van der Waals surface area contributed by atoms with Gasteiger partial charge in [-0.3, -0.25) is 4.79 Å². The van der Waals surface area contributed by atoms with Crippen LogP contribution in [0.1, 0.15) is 15.9 Å². The molecule has 0 aliphatic heterocycles. The third-order valence-corrected chi connectivity index (χ3v) is 4.03. The van der Waals surface area contributed by atoms with Crippen molar-refractivity contribution < 1.29 is 14.3 Å². The van der Waals surface area contributed by atoms with E-state index in [0.29, 0.717) is 17.7 Å². The van der Waals surface area contributed by atoms with E-state index in [0.717, 1.165) is 16.5 Å². The summed E-state index contributed by atoms with van der Waals surface area (Å²) in [4.78, 5) is 26.9. The number of aromatic amines is 1. The number of aromatic nitrogens is 1. The van der Waals surface area contributed by atoms with Crippen molar-refractivity contribution in [1.29, 1.82) is 0 Å². The molecule has 6 heteroatoms. The van der Waals surface area contributed by atoms with Crippen LogP contribution >= 0.6 is 0 Å². The van der Waals surface area contributed by atoms with E-state index in [4.69, 9.17) is 5.73 Å². The van der Waals surface area contributed by atoms with Crippen molar-refractivity contribution in [1.82, 2.24) is 4.98 Å². The lowest BCUT2D eigenvalue weighted by atomic mass is 10.0. The molecule has 1 aromatic heterocycles. The fourth-order valence-corrected chi connectivity index (χ4v) is 2.67. The highest BCUT2D eigenvalue weighted by molar-refractivity contribution is 5.96. The number of hydrogen-bond donors (Lipinski definition) is 3. The number of H-pyrrole nitrogens is 1. The van der Waals surface area contributed by atoms with Crippen molar-refractivity contribution in [2.45, 2.75) is 12.5 Å². The average Bonchev–Trinajstić information content (AvgIpc) is 3.04. The minimum absolute atomic E-state index is 0.281. The molecule has 0 saturated carbocycles. The third kappa shape index (κ3) is 3.70. The second-order valence-corrected chi connectivity index (χ2v) is 5.73. The topological polar surface area (TPSA) is 97.2 Å². The van der Waals surface area contributed by atoms with Gasteiger partial charge in [0.05, 0.1) is 18.7 Å². The first-order chi connectivity index (χ1) is 12.1. The Morgan fingerprint density at radius 2 is 1.88 bits per heavy atom. The smallest absolute Gasteiger partial charge is 0.337 e. The van der Waals surface area contributed by atoms with E-state index in [1.165, 1.54) is 7.11 Å². The van der Waals surface area contributed by atoms with Gasteiger partial charge < -0.3 is 20.8 Å². The number of rotatable bonds is 5. The zero-order valence-electron chi connectivity index (χ0n) is 13.8. The number of hydrogen-bond acceptors (Lipinski definition) is 4. The van der Waals surface area contributed by atoms with Gasteiger partial charge in [0.2, 0.25) is 5.91 Å². The lowest BCUT2D eigenvalue weighted by Gasteiger charge is -2.12. The Bertz CT molecular complexity index is 900. The summed E-state index contributed by atoms with van der Waals surface area (Å²) in [5.74, 6) is -0.704. The number of esters is 1. The number of anilines is 1. The van der Waals surface area contributed by atoms with Crippen molar-refractivity contribution in [3.05, 3.63) is 65.9 Å². The first kappa shape index (κ1) is 16.7. The molecule has 128 valence electrons. The molecule has 0 aliphatic rings. The van der Waals surface area contributed by atoms with Gasteiger partial charge in [0.15, 0.2) is 0 Å². The summed E-state index contributed by atoms with van der Waals surface area (Å²) in [5, 5.41) is 3.82. The summed E-state index contributed by atoms with van der Waals surface area (Å²) in [6.07, 6.45) is 2.30. The summed E-state index contributed by atoms with van der Waals surface area (Å²) < 4.78 is 4.64. The number of ether oxygens (including phenoxy) is 1. The van der Waals surface area contributed by atoms with Crippen molar-refractivity contribution in [2.24, 2.45) is 5.73 Å². The second kappa shape index (κ2) is 7.19. The molecule has 0 aliphatic carbocycles. The lowest BCUT2D eigenvalue weighted by Crippen LogP contribution is -2.37. The largest absolute Gasteiger partial charge is 0.465 e. The first-order valence-electron chi connectivity index (χ1n) is 7.88. The van der Waals surface area contributed by atoms with E-state index >= 15 is 0 Å². The SMILES string of the molecule is COC(=O)c1ccc(NC(=O)[C@@H](N)Cc2c[nH]c3ccccc23)cc1. The molecule has 0 unspecified atom stereocenters. The van der Waals surface area contributed by atoms with E-state index in [1.807, 2.05) is 30.5 Å². The normalized spacial score (nSPS) is 11.9. The Balaban J connectivity index is 1.65. The Morgan fingerprint density at radius 3 is 2.60 bits per heavy atom. The summed E-state index contributed by atoms with van der Waals surface area (Å²) in [7, 11) is 1.32. The number of benzene rings is 2. The fourth-order valence-electron chi connectivity index (χ4n) is 2.67. The highest BCUT2D eigenvalue weighted by atomic mass is 16.5. The highest BCUT2D eigenvalue weighted by Gasteiger charge is 2.16. The van der Waals surface area contributed by atoms with Crippen LogP contribution in [-0.4, -0.2) is 30.0 Å². The summed E-state index contributed by atoms with van der Waals surface area (Å²) in [6, 6.07) is 13.7. The van der Waals surface area contributed by atoms with Crippen LogP contribution in [0, 0.1) is 0 Å². The van der Waals surface area contributed by atoms with Crippen LogP contribution < -0.4 is 11.1 Å². The van der Waals surface area contributed by atoms with Gasteiger partial charge in [-0.1, -0.05) is 18.2 Å². The van der Waals surface area contributed by atoms with Gasteiger partial charge >= 0.3 is 5.97 Å². The molecule has 25 heavy (non-hydrogen) atoms. The average molecular weight is 337 g/mol. The number of nitrogens with one attached hydrogen (secondary N) is 2. The molecule has 1 amide bonds. The predicted molar refractivity (Wildman–Crippen MR) is 96.4 cm³/mol. The summed E-state index contributed by atoms with van der Waals surface area (Å²) in [5.41, 5.74) is 9.06. The van der Waals surface area contributed by atoms with Crippen LogP contribution in [-0.2, 0) is 16.0 Å². The van der Waals surface area contributed by atoms with Gasteiger partial charge in [0.1, 0.15) is 0 Å². The number of methoxy groups -OCH3 is 1. The molecule has 0 spiro atoms. The minimum Gasteiger partial charge on any atom is -0.465 e. The quantitative estimate of drug-likeness (QED) is 0.623. The monoisotopic (exact) mass is 337 g/mol. The van der Waals surface area contributed by atoms with Crippen LogP contribution in [0.2, 0.25) is 0 Å². The number of nitrogens with two attached hydrogens (primary N) is 1. The van der Waals surface area contributed by atoms with E-state index in [9.17, 15) is 9.59 Å². The number of carbonyl (C=O) groups excluding carboxylic acids is 2. The molecule has 4 N–H and O–H groups in total. The van der Waals surface area contributed by atoms with Crippen LogP contribution in [0.3, 0.4) is 0 Å². The maximum atomic E-state index is 12.3. The van der Waals surface area contributed by atoms with Crippen LogP contribution in [0.15, 0.2) is 54.7 Å². The van der Waals surface area contributed by atoms with Crippen LogP contribution in [0.5, 0.6) is 0 Å². The zero-order chi connectivity index (χ0) is 17.8. The molecular weight excluding hydrogens is 318 g/mol. The zero-order valence-corrected chi connectivity index (χ0v) is 13.8. The molecule has 0 bridgehead atoms. The number of fused-ring (bicyclic) bond motifs is 1. The maximum absolute atomic E-state index is 12.3. The van der Waals surface area contributed by atoms with E-state index in [2.05, 4.69) is 15.0 Å². The van der Waals surface area contributed by atoms with Crippen LogP contribution in [0.4, 0.5) is 5.69 Å². The van der Waals surface area contributed by atoms with Gasteiger partial charge in [-0.25, -0.2) is 4.79 Å². The number of amides is 1. The molecule has 0 saturated heterocycles. The van der Waals surface area contributed by atoms with Gasteiger partial charge in [-0.15, -0.1) is 0 Å². The van der Waals surface area contributed by atoms with E-state index in [1.54, 1.807) is 24.3 Å². The fraction of sp³-hybridized carbons (Fsp3) is 0.158. The van der Waals surface area contributed by atoms with E-state index < -0.39 is 12.0 Å². The Morgan fingerprint density at radius 1 is 1.16 bits per heavy atom. The van der Waals surface area contributed by atoms with Crippen molar-refractivity contribution in [2.75, 3.05) is 12.4 Å². The van der Waals surface area contributed by atoms with Gasteiger partial charge in [0, 0.05) is 22.8 Å². The number of para-hydroxylation sites is 1. The molecule has 2 aromatic carbocycles. The molecule has 1 heterocycles.